The molecule has 0 heterocycles. The number of nitrogens with zero attached hydrogens (tertiary/aromatic N) is 1. The maximum Gasteiger partial charge on any atom is 0.320 e. The molecule has 0 fully saturated rings. The van der Waals surface area contributed by atoms with Gasteiger partial charge in [0.2, 0.25) is 0 Å². The molecular weight excluding hydrogens is 462 g/mol. The van der Waals surface area contributed by atoms with Gasteiger partial charge in [0.1, 0.15) is 6.04 Å². The van der Waals surface area contributed by atoms with Gasteiger partial charge in [0.15, 0.2) is 23.3 Å². The molecule has 0 spiro atoms. The Balaban J connectivity index is 3.62. The number of rotatable bonds is 15. The fourth-order valence-electron chi connectivity index (χ4n) is 3.34. The van der Waals surface area contributed by atoms with Crippen LogP contribution in [0.1, 0.15) is 55.9 Å². The summed E-state index contributed by atoms with van der Waals surface area (Å²) in [6.07, 6.45) is -0.701. The number of nitrogens with two attached hydrogens (primary N) is 6. The zero-order valence-electron chi connectivity index (χ0n) is 19.0. The lowest BCUT2D eigenvalue weighted by molar-refractivity contribution is -0.139. The Morgan fingerprint density at radius 1 is 0.886 bits per heavy atom. The maximum atomic E-state index is 13.2. The quantitative estimate of drug-likeness (QED) is 0.0535. The van der Waals surface area contributed by atoms with Gasteiger partial charge in [0.25, 0.3) is 0 Å². The summed E-state index contributed by atoms with van der Waals surface area (Å²) < 4.78 is 0. The zero-order valence-corrected chi connectivity index (χ0v) is 19.0. The molecule has 0 aromatic heterocycles. The molecule has 1 aromatic carbocycles. The molecule has 3 unspecified atom stereocenters. The van der Waals surface area contributed by atoms with E-state index in [9.17, 15) is 29.1 Å². The molecular formula is C21H31N7O7. The minimum absolute atomic E-state index is 0.000387. The van der Waals surface area contributed by atoms with Gasteiger partial charge in [-0.05, 0) is 24.8 Å². The van der Waals surface area contributed by atoms with E-state index >= 15 is 0 Å². The molecule has 14 heteroatoms. The van der Waals surface area contributed by atoms with Gasteiger partial charge in [-0.3, -0.25) is 29.0 Å². The first-order chi connectivity index (χ1) is 16.3. The van der Waals surface area contributed by atoms with Gasteiger partial charge < -0.3 is 44.6 Å². The van der Waals surface area contributed by atoms with Crippen LogP contribution in [0.3, 0.4) is 0 Å². The Bertz CT molecular complexity index is 1020. The topological polar surface area (TPSA) is 294 Å². The summed E-state index contributed by atoms with van der Waals surface area (Å²) >= 11 is 0. The highest BCUT2D eigenvalue weighted by atomic mass is 16.4. The number of hydrogen-bond acceptors (Lipinski definition) is 10. The van der Waals surface area contributed by atoms with Crippen LogP contribution in [0, 0.1) is 0 Å². The number of guanidine groups is 1. The van der Waals surface area contributed by atoms with Gasteiger partial charge in [-0.2, -0.15) is 0 Å². The molecule has 0 aliphatic carbocycles. The van der Waals surface area contributed by atoms with E-state index in [0.29, 0.717) is 6.42 Å². The molecule has 0 aliphatic heterocycles. The fraction of sp³-hybridized carbons (Fsp3) is 0.429. The standard InChI is InChI=1S/C21H31N7O7/c22-8-14(29)17-10(18(32)11(23)2-1-5-28-21(26)27)4-3-9(6-13(25)20(34)35)16(17)19(33)12(24)7-15(30)31/h3-4,11-13H,1-2,5-8,22-25H2,(H,30,31)(H,34,35)(H4,26,27,28). The summed E-state index contributed by atoms with van der Waals surface area (Å²) in [4.78, 5) is 65.3. The van der Waals surface area contributed by atoms with Gasteiger partial charge in [0.05, 0.1) is 25.0 Å². The van der Waals surface area contributed by atoms with Crippen molar-refractivity contribution in [1.29, 1.82) is 0 Å². The molecule has 0 saturated heterocycles. The Labute approximate surface area is 200 Å². The first-order valence-corrected chi connectivity index (χ1v) is 10.6. The SMILES string of the molecule is NCC(=O)c1c(C(=O)C(N)CCCN=C(N)N)ccc(CC(N)C(=O)O)c1C(=O)C(N)CC(=O)O. The second-order valence-corrected chi connectivity index (χ2v) is 7.79. The number of benzene rings is 1. The van der Waals surface area contributed by atoms with Crippen LogP contribution in [0.4, 0.5) is 0 Å². The van der Waals surface area contributed by atoms with Crippen molar-refractivity contribution in [3.8, 4) is 0 Å². The molecule has 0 saturated carbocycles. The third-order valence-corrected chi connectivity index (χ3v) is 5.06. The van der Waals surface area contributed by atoms with Crippen LogP contribution >= 0.6 is 0 Å². The van der Waals surface area contributed by atoms with Crippen LogP contribution in [-0.4, -0.2) is 76.7 Å². The number of carbonyl (C=O) groups is 5. The third kappa shape index (κ3) is 8.22. The predicted octanol–water partition coefficient (Wildman–Crippen LogP) is -2.67. The number of carbonyl (C=O) groups excluding carboxylic acids is 3. The first kappa shape index (κ1) is 29.3. The lowest BCUT2D eigenvalue weighted by atomic mass is 9.83. The van der Waals surface area contributed by atoms with Crippen molar-refractivity contribution in [2.24, 2.45) is 39.4 Å². The number of hydrogen-bond donors (Lipinski definition) is 8. The molecule has 0 radical (unpaired) electrons. The van der Waals surface area contributed by atoms with Crippen molar-refractivity contribution in [2.45, 2.75) is 43.8 Å². The summed E-state index contributed by atoms with van der Waals surface area (Å²) in [5.41, 5.74) is 32.3. The number of carboxylic acids is 2. The van der Waals surface area contributed by atoms with Gasteiger partial charge in [-0.15, -0.1) is 0 Å². The molecule has 0 amide bonds. The monoisotopic (exact) mass is 493 g/mol. The number of carboxylic acid groups (broad SMARTS) is 2. The van der Waals surface area contributed by atoms with Crippen LogP contribution in [-0.2, 0) is 16.0 Å². The third-order valence-electron chi connectivity index (χ3n) is 5.06. The maximum absolute atomic E-state index is 13.2. The Hall–Kier alpha value is -3.72. The first-order valence-electron chi connectivity index (χ1n) is 10.6. The summed E-state index contributed by atoms with van der Waals surface area (Å²) in [6.45, 7) is -0.402. The molecule has 0 aliphatic rings. The van der Waals surface area contributed by atoms with Crippen molar-refractivity contribution in [3.05, 3.63) is 34.4 Å². The molecule has 3 atom stereocenters. The van der Waals surface area contributed by atoms with Gasteiger partial charge in [-0.25, -0.2) is 0 Å². The summed E-state index contributed by atoms with van der Waals surface area (Å²) in [5.74, 6) is -5.38. The number of Topliss-reactive ketones (excluding diaryl/α,β-unsaturated/α-hetero) is 3. The van der Waals surface area contributed by atoms with Crippen LogP contribution in [0.2, 0.25) is 0 Å². The van der Waals surface area contributed by atoms with Crippen LogP contribution in [0.15, 0.2) is 17.1 Å². The molecule has 1 rings (SSSR count). The van der Waals surface area contributed by atoms with E-state index in [1.807, 2.05) is 0 Å². The highest BCUT2D eigenvalue weighted by Gasteiger charge is 2.32. The Morgan fingerprint density at radius 3 is 2.03 bits per heavy atom. The van der Waals surface area contributed by atoms with Crippen LogP contribution in [0.5, 0.6) is 0 Å². The number of aliphatic carboxylic acids is 2. The van der Waals surface area contributed by atoms with Gasteiger partial charge in [-0.1, -0.05) is 12.1 Å². The second-order valence-electron chi connectivity index (χ2n) is 7.79. The average Bonchev–Trinajstić information content (AvgIpc) is 2.79. The largest absolute Gasteiger partial charge is 0.481 e. The molecule has 14 nitrogen and oxygen atoms in total. The summed E-state index contributed by atoms with van der Waals surface area (Å²) in [5, 5.41) is 18.2. The second kappa shape index (κ2) is 13.2. The minimum Gasteiger partial charge on any atom is -0.481 e. The van der Waals surface area contributed by atoms with E-state index in [4.69, 9.17) is 39.5 Å². The van der Waals surface area contributed by atoms with Crippen molar-refractivity contribution in [3.63, 3.8) is 0 Å². The van der Waals surface area contributed by atoms with Crippen molar-refractivity contribution in [2.75, 3.05) is 13.1 Å². The van der Waals surface area contributed by atoms with E-state index in [0.717, 1.165) is 0 Å². The average molecular weight is 494 g/mol. The predicted molar refractivity (Wildman–Crippen MR) is 126 cm³/mol. The molecule has 192 valence electrons. The highest BCUT2D eigenvalue weighted by Crippen LogP contribution is 2.25. The van der Waals surface area contributed by atoms with E-state index in [-0.39, 0.29) is 30.1 Å². The smallest absolute Gasteiger partial charge is 0.320 e. The number of ketones is 3. The lowest BCUT2D eigenvalue weighted by Gasteiger charge is -2.21. The number of aliphatic imine (C=N–C) groups is 1. The van der Waals surface area contributed by atoms with Crippen molar-refractivity contribution >= 4 is 35.2 Å². The van der Waals surface area contributed by atoms with E-state index in [1.54, 1.807) is 0 Å². The zero-order chi connectivity index (χ0) is 26.9. The highest BCUT2D eigenvalue weighted by molar-refractivity contribution is 6.18. The normalized spacial score (nSPS) is 13.4. The summed E-state index contributed by atoms with van der Waals surface area (Å²) in [6, 6.07) is -1.66. The lowest BCUT2D eigenvalue weighted by Crippen LogP contribution is -2.38. The van der Waals surface area contributed by atoms with Crippen LogP contribution < -0.4 is 34.4 Å². The Morgan fingerprint density at radius 2 is 1.51 bits per heavy atom. The molecule has 1 aromatic rings. The summed E-state index contributed by atoms with van der Waals surface area (Å²) in [7, 11) is 0. The van der Waals surface area contributed by atoms with E-state index in [2.05, 4.69) is 4.99 Å². The van der Waals surface area contributed by atoms with Crippen LogP contribution in [0.25, 0.3) is 0 Å². The van der Waals surface area contributed by atoms with Crippen molar-refractivity contribution in [1.82, 2.24) is 0 Å². The Kier molecular flexibility index (Phi) is 11.1. The van der Waals surface area contributed by atoms with E-state index < -0.39 is 77.9 Å². The molecule has 0 bridgehead atoms. The fourth-order valence-corrected chi connectivity index (χ4v) is 3.34. The van der Waals surface area contributed by atoms with Crippen molar-refractivity contribution < 1.29 is 34.2 Å². The van der Waals surface area contributed by atoms with Gasteiger partial charge in [0, 0.05) is 23.2 Å². The minimum atomic E-state index is -1.59. The molecule has 35 heavy (non-hydrogen) atoms. The van der Waals surface area contributed by atoms with Gasteiger partial charge >= 0.3 is 11.9 Å². The van der Waals surface area contributed by atoms with E-state index in [1.165, 1.54) is 12.1 Å². The molecule has 14 N–H and O–H groups in total.